The van der Waals surface area contributed by atoms with Crippen molar-refractivity contribution in [1.29, 1.82) is 0 Å². The number of carbonyl (C=O) groups is 2. The SMILES string of the molecule is CC(C)(C)C(=O)N1CCC(C(=O)NC2CCCC2)CC1. The Morgan fingerprint density at radius 2 is 1.55 bits per heavy atom. The van der Waals surface area contributed by atoms with Gasteiger partial charge in [0.05, 0.1) is 0 Å². The molecule has 1 N–H and O–H groups in total. The largest absolute Gasteiger partial charge is 0.353 e. The molecule has 1 saturated carbocycles. The maximum Gasteiger partial charge on any atom is 0.227 e. The molecule has 1 aliphatic carbocycles. The highest BCUT2D eigenvalue weighted by molar-refractivity contribution is 5.82. The lowest BCUT2D eigenvalue weighted by molar-refractivity contribution is -0.142. The summed E-state index contributed by atoms with van der Waals surface area (Å²) in [7, 11) is 0. The lowest BCUT2D eigenvalue weighted by Gasteiger charge is -2.35. The van der Waals surface area contributed by atoms with Crippen LogP contribution in [0.5, 0.6) is 0 Å². The summed E-state index contributed by atoms with van der Waals surface area (Å²) < 4.78 is 0. The summed E-state index contributed by atoms with van der Waals surface area (Å²) in [6.07, 6.45) is 6.36. The number of amides is 2. The summed E-state index contributed by atoms with van der Waals surface area (Å²) in [5.41, 5.74) is -0.320. The van der Waals surface area contributed by atoms with E-state index in [0.717, 1.165) is 38.8 Å². The van der Waals surface area contributed by atoms with Crippen LogP contribution in [0.4, 0.5) is 0 Å². The molecular weight excluding hydrogens is 252 g/mol. The van der Waals surface area contributed by atoms with E-state index in [1.54, 1.807) is 0 Å². The Hall–Kier alpha value is -1.06. The van der Waals surface area contributed by atoms with Gasteiger partial charge in [0, 0.05) is 30.5 Å². The molecule has 2 amide bonds. The highest BCUT2D eigenvalue weighted by Gasteiger charge is 2.33. The minimum atomic E-state index is -0.320. The minimum absolute atomic E-state index is 0.0969. The van der Waals surface area contributed by atoms with Crippen LogP contribution >= 0.6 is 0 Å². The van der Waals surface area contributed by atoms with E-state index >= 15 is 0 Å². The fourth-order valence-corrected chi connectivity index (χ4v) is 3.21. The van der Waals surface area contributed by atoms with Crippen LogP contribution in [0.3, 0.4) is 0 Å². The lowest BCUT2D eigenvalue weighted by atomic mass is 9.90. The number of hydrogen-bond acceptors (Lipinski definition) is 2. The van der Waals surface area contributed by atoms with Crippen LogP contribution in [-0.2, 0) is 9.59 Å². The molecule has 0 aromatic carbocycles. The van der Waals surface area contributed by atoms with E-state index in [1.165, 1.54) is 12.8 Å². The monoisotopic (exact) mass is 280 g/mol. The van der Waals surface area contributed by atoms with Gasteiger partial charge in [0.2, 0.25) is 11.8 Å². The summed E-state index contributed by atoms with van der Waals surface area (Å²) >= 11 is 0. The molecule has 0 radical (unpaired) electrons. The van der Waals surface area contributed by atoms with Crippen LogP contribution < -0.4 is 5.32 Å². The van der Waals surface area contributed by atoms with Gasteiger partial charge in [0.15, 0.2) is 0 Å². The van der Waals surface area contributed by atoms with Gasteiger partial charge in [-0.15, -0.1) is 0 Å². The van der Waals surface area contributed by atoms with Crippen LogP contribution in [0.25, 0.3) is 0 Å². The van der Waals surface area contributed by atoms with Crippen LogP contribution in [0.15, 0.2) is 0 Å². The molecule has 4 nitrogen and oxygen atoms in total. The Kier molecular flexibility index (Phi) is 4.71. The average Bonchev–Trinajstić information content (AvgIpc) is 2.90. The fourth-order valence-electron chi connectivity index (χ4n) is 3.21. The van der Waals surface area contributed by atoms with Gasteiger partial charge in [0.1, 0.15) is 0 Å². The Bertz CT molecular complexity index is 359. The van der Waals surface area contributed by atoms with E-state index in [-0.39, 0.29) is 23.1 Å². The number of nitrogens with one attached hydrogen (secondary N) is 1. The first-order valence-electron chi connectivity index (χ1n) is 7.97. The molecule has 114 valence electrons. The van der Waals surface area contributed by atoms with Gasteiger partial charge in [0.25, 0.3) is 0 Å². The average molecular weight is 280 g/mol. The van der Waals surface area contributed by atoms with Crippen molar-refractivity contribution in [2.75, 3.05) is 13.1 Å². The van der Waals surface area contributed by atoms with Crippen molar-refractivity contribution < 1.29 is 9.59 Å². The zero-order chi connectivity index (χ0) is 14.8. The number of carbonyl (C=O) groups excluding carboxylic acids is 2. The molecule has 2 rings (SSSR count). The number of piperidine rings is 1. The standard InChI is InChI=1S/C16H28N2O2/c1-16(2,3)15(20)18-10-8-12(9-11-18)14(19)17-13-6-4-5-7-13/h12-13H,4-11H2,1-3H3,(H,17,19). The Morgan fingerprint density at radius 3 is 2.05 bits per heavy atom. The molecule has 1 aliphatic heterocycles. The lowest BCUT2D eigenvalue weighted by Crippen LogP contribution is -2.47. The summed E-state index contributed by atoms with van der Waals surface area (Å²) in [5.74, 6) is 0.506. The van der Waals surface area contributed by atoms with E-state index in [0.29, 0.717) is 6.04 Å². The molecule has 0 spiro atoms. The molecule has 20 heavy (non-hydrogen) atoms. The van der Waals surface area contributed by atoms with Gasteiger partial charge in [-0.3, -0.25) is 9.59 Å². The predicted molar refractivity (Wildman–Crippen MR) is 79.2 cm³/mol. The smallest absolute Gasteiger partial charge is 0.227 e. The van der Waals surface area contributed by atoms with Gasteiger partial charge in [-0.25, -0.2) is 0 Å². The predicted octanol–water partition coefficient (Wildman–Crippen LogP) is 2.33. The van der Waals surface area contributed by atoms with Crippen LogP contribution in [0.2, 0.25) is 0 Å². The van der Waals surface area contributed by atoms with E-state index < -0.39 is 0 Å². The molecular formula is C16H28N2O2. The van der Waals surface area contributed by atoms with Gasteiger partial charge in [-0.1, -0.05) is 33.6 Å². The molecule has 1 saturated heterocycles. The zero-order valence-electron chi connectivity index (χ0n) is 13.1. The first kappa shape index (κ1) is 15.3. The Balaban J connectivity index is 1.78. The summed E-state index contributed by atoms with van der Waals surface area (Å²) in [6.45, 7) is 7.30. The third-order valence-electron chi connectivity index (χ3n) is 4.50. The normalized spacial score (nSPS) is 22.1. The van der Waals surface area contributed by atoms with Crippen LogP contribution in [-0.4, -0.2) is 35.8 Å². The van der Waals surface area contributed by atoms with Crippen molar-refractivity contribution >= 4 is 11.8 Å². The zero-order valence-corrected chi connectivity index (χ0v) is 13.1. The summed E-state index contributed by atoms with van der Waals surface area (Å²) in [6, 6.07) is 0.400. The third-order valence-corrected chi connectivity index (χ3v) is 4.50. The van der Waals surface area contributed by atoms with E-state index in [2.05, 4.69) is 5.32 Å². The van der Waals surface area contributed by atoms with Crippen molar-refractivity contribution in [3.8, 4) is 0 Å². The van der Waals surface area contributed by atoms with E-state index in [1.807, 2.05) is 25.7 Å². The second-order valence-corrected chi connectivity index (χ2v) is 7.31. The molecule has 0 unspecified atom stereocenters. The van der Waals surface area contributed by atoms with Crippen molar-refractivity contribution in [3.05, 3.63) is 0 Å². The molecule has 2 fully saturated rings. The summed E-state index contributed by atoms with van der Waals surface area (Å²) in [5, 5.41) is 3.18. The molecule has 0 atom stereocenters. The van der Waals surface area contributed by atoms with Crippen molar-refractivity contribution in [1.82, 2.24) is 10.2 Å². The molecule has 0 aromatic heterocycles. The highest BCUT2D eigenvalue weighted by Crippen LogP contribution is 2.24. The van der Waals surface area contributed by atoms with Gasteiger partial charge < -0.3 is 10.2 Å². The topological polar surface area (TPSA) is 49.4 Å². The quantitative estimate of drug-likeness (QED) is 0.844. The van der Waals surface area contributed by atoms with Crippen molar-refractivity contribution in [2.24, 2.45) is 11.3 Å². The van der Waals surface area contributed by atoms with E-state index in [9.17, 15) is 9.59 Å². The Labute approximate surface area is 122 Å². The summed E-state index contributed by atoms with van der Waals surface area (Å²) in [4.78, 5) is 26.3. The first-order valence-corrected chi connectivity index (χ1v) is 7.97. The molecule has 0 aromatic rings. The molecule has 4 heteroatoms. The second kappa shape index (κ2) is 6.15. The van der Waals surface area contributed by atoms with Gasteiger partial charge in [-0.2, -0.15) is 0 Å². The van der Waals surface area contributed by atoms with Crippen molar-refractivity contribution in [3.63, 3.8) is 0 Å². The van der Waals surface area contributed by atoms with E-state index in [4.69, 9.17) is 0 Å². The number of likely N-dealkylation sites (tertiary alicyclic amines) is 1. The Morgan fingerprint density at radius 1 is 1.00 bits per heavy atom. The third kappa shape index (κ3) is 3.74. The molecule has 1 heterocycles. The van der Waals surface area contributed by atoms with Crippen LogP contribution in [0.1, 0.15) is 59.3 Å². The van der Waals surface area contributed by atoms with Crippen molar-refractivity contribution in [2.45, 2.75) is 65.3 Å². The second-order valence-electron chi connectivity index (χ2n) is 7.31. The van der Waals surface area contributed by atoms with Gasteiger partial charge in [-0.05, 0) is 25.7 Å². The maximum absolute atomic E-state index is 12.2. The number of rotatable bonds is 2. The van der Waals surface area contributed by atoms with Gasteiger partial charge >= 0.3 is 0 Å². The number of hydrogen-bond donors (Lipinski definition) is 1. The highest BCUT2D eigenvalue weighted by atomic mass is 16.2. The molecule has 2 aliphatic rings. The first-order chi connectivity index (χ1) is 9.38. The fraction of sp³-hybridized carbons (Fsp3) is 0.875. The molecule has 0 bridgehead atoms. The van der Waals surface area contributed by atoms with Crippen LogP contribution in [0, 0.1) is 11.3 Å². The minimum Gasteiger partial charge on any atom is -0.353 e. The number of nitrogens with zero attached hydrogens (tertiary/aromatic N) is 1. The maximum atomic E-state index is 12.2.